The molecule has 0 radical (unpaired) electrons. The van der Waals surface area contributed by atoms with E-state index in [1.807, 2.05) is 0 Å². The highest BCUT2D eigenvalue weighted by Crippen LogP contribution is 2.12. The zero-order chi connectivity index (χ0) is 11.5. The number of alkyl halides is 1. The molecule has 88 valence electrons. The van der Waals surface area contributed by atoms with Gasteiger partial charge in [0, 0.05) is 13.7 Å². The predicted octanol–water partition coefficient (Wildman–Crippen LogP) is 0.228. The average molecular weight is 218 g/mol. The summed E-state index contributed by atoms with van der Waals surface area (Å²) in [5.74, 6) is -0.264. The van der Waals surface area contributed by atoms with Crippen LogP contribution in [0.4, 0.5) is 4.39 Å². The predicted molar refractivity (Wildman–Crippen MR) is 55.4 cm³/mol. The topological polar surface area (TPSA) is 50.4 Å². The number of carbonyl (C=O) groups excluding carboxylic acids is 1. The van der Waals surface area contributed by atoms with Gasteiger partial charge in [0.1, 0.15) is 11.8 Å². The molecule has 1 aliphatic heterocycles. The minimum atomic E-state index is -1.02. The van der Waals surface area contributed by atoms with Gasteiger partial charge in [-0.25, -0.2) is 4.39 Å². The maximum atomic E-state index is 13.4. The van der Waals surface area contributed by atoms with Crippen molar-refractivity contribution >= 4 is 5.91 Å². The molecule has 1 saturated heterocycles. The lowest BCUT2D eigenvalue weighted by atomic mass is 10.0. The summed E-state index contributed by atoms with van der Waals surface area (Å²) in [6, 6.07) is -0.395. The molecule has 0 aromatic heterocycles. The molecule has 2 atom stereocenters. The Morgan fingerprint density at radius 2 is 2.27 bits per heavy atom. The second kappa shape index (κ2) is 4.90. The number of ether oxygens (including phenoxy) is 1. The second-order valence-electron chi connectivity index (χ2n) is 4.30. The number of hydrogen-bond acceptors (Lipinski definition) is 3. The van der Waals surface area contributed by atoms with Crippen LogP contribution in [-0.2, 0) is 9.53 Å². The van der Waals surface area contributed by atoms with Crippen molar-refractivity contribution in [2.24, 2.45) is 0 Å². The normalized spacial score (nSPS) is 27.5. The SMILES string of the molecule is COC(C)(C)C(=O)NC1CCNCC1F. The molecule has 2 N–H and O–H groups in total. The maximum absolute atomic E-state index is 13.4. The van der Waals surface area contributed by atoms with Gasteiger partial charge in [-0.1, -0.05) is 0 Å². The van der Waals surface area contributed by atoms with E-state index in [1.54, 1.807) is 13.8 Å². The highest BCUT2D eigenvalue weighted by atomic mass is 19.1. The van der Waals surface area contributed by atoms with E-state index in [0.717, 1.165) is 6.54 Å². The minimum Gasteiger partial charge on any atom is -0.369 e. The Balaban J connectivity index is 2.50. The summed E-state index contributed by atoms with van der Waals surface area (Å²) >= 11 is 0. The van der Waals surface area contributed by atoms with Gasteiger partial charge in [-0.15, -0.1) is 0 Å². The van der Waals surface area contributed by atoms with E-state index < -0.39 is 17.8 Å². The Bertz CT molecular complexity index is 233. The van der Waals surface area contributed by atoms with Gasteiger partial charge < -0.3 is 15.4 Å². The highest BCUT2D eigenvalue weighted by Gasteiger charge is 2.32. The molecule has 0 aromatic rings. The minimum absolute atomic E-state index is 0.264. The van der Waals surface area contributed by atoms with E-state index in [9.17, 15) is 9.18 Å². The van der Waals surface area contributed by atoms with E-state index in [4.69, 9.17) is 4.74 Å². The molecule has 0 aliphatic carbocycles. The van der Waals surface area contributed by atoms with Crippen LogP contribution >= 0.6 is 0 Å². The van der Waals surface area contributed by atoms with Crippen LogP contribution in [0.2, 0.25) is 0 Å². The van der Waals surface area contributed by atoms with E-state index in [0.29, 0.717) is 13.0 Å². The standard InChI is InChI=1S/C10H19FN2O2/c1-10(2,15-3)9(14)13-8-4-5-12-6-7(8)11/h7-8,12H,4-6H2,1-3H3,(H,13,14). The zero-order valence-corrected chi connectivity index (χ0v) is 9.47. The number of hydrogen-bond donors (Lipinski definition) is 2. The van der Waals surface area contributed by atoms with Crippen LogP contribution in [0, 0.1) is 0 Å². The quantitative estimate of drug-likeness (QED) is 0.713. The first-order valence-corrected chi connectivity index (χ1v) is 5.18. The van der Waals surface area contributed by atoms with E-state index in [-0.39, 0.29) is 5.91 Å². The Morgan fingerprint density at radius 3 is 2.80 bits per heavy atom. The van der Waals surface area contributed by atoms with Crippen LogP contribution in [0.3, 0.4) is 0 Å². The number of amides is 1. The fourth-order valence-electron chi connectivity index (χ4n) is 1.42. The van der Waals surface area contributed by atoms with Crippen molar-refractivity contribution in [3.63, 3.8) is 0 Å². The van der Waals surface area contributed by atoms with E-state index in [2.05, 4.69) is 10.6 Å². The first kappa shape index (κ1) is 12.4. The summed E-state index contributed by atoms with van der Waals surface area (Å²) in [6.45, 7) is 4.37. The molecule has 1 heterocycles. The van der Waals surface area contributed by atoms with E-state index in [1.165, 1.54) is 7.11 Å². The summed E-state index contributed by atoms with van der Waals surface area (Å²) in [6.07, 6.45) is -0.400. The van der Waals surface area contributed by atoms with Gasteiger partial charge in [0.05, 0.1) is 6.04 Å². The smallest absolute Gasteiger partial charge is 0.251 e. The molecule has 15 heavy (non-hydrogen) atoms. The molecule has 1 aliphatic rings. The molecular weight excluding hydrogens is 199 g/mol. The Hall–Kier alpha value is -0.680. The molecule has 1 rings (SSSR count). The molecule has 5 heteroatoms. The van der Waals surface area contributed by atoms with Crippen LogP contribution < -0.4 is 10.6 Å². The van der Waals surface area contributed by atoms with E-state index >= 15 is 0 Å². The molecule has 2 unspecified atom stereocenters. The highest BCUT2D eigenvalue weighted by molar-refractivity contribution is 5.84. The third-order valence-corrected chi connectivity index (χ3v) is 2.78. The molecule has 0 bridgehead atoms. The third kappa shape index (κ3) is 3.14. The van der Waals surface area contributed by atoms with Crippen molar-refractivity contribution in [3.05, 3.63) is 0 Å². The first-order chi connectivity index (χ1) is 6.97. The molecule has 0 spiro atoms. The van der Waals surface area contributed by atoms with Crippen LogP contribution in [0.5, 0.6) is 0 Å². The lowest BCUT2D eigenvalue weighted by molar-refractivity contribution is -0.141. The van der Waals surface area contributed by atoms with Gasteiger partial charge in [0.2, 0.25) is 0 Å². The zero-order valence-electron chi connectivity index (χ0n) is 9.47. The fourth-order valence-corrected chi connectivity index (χ4v) is 1.42. The third-order valence-electron chi connectivity index (χ3n) is 2.78. The molecule has 0 aromatic carbocycles. The van der Waals surface area contributed by atoms with Gasteiger partial charge in [0.25, 0.3) is 5.91 Å². The van der Waals surface area contributed by atoms with Gasteiger partial charge >= 0.3 is 0 Å². The molecule has 0 saturated carbocycles. The summed E-state index contributed by atoms with van der Waals surface area (Å²) in [7, 11) is 1.47. The Morgan fingerprint density at radius 1 is 1.60 bits per heavy atom. The summed E-state index contributed by atoms with van der Waals surface area (Å²) in [5, 5.41) is 5.61. The molecular formula is C10H19FN2O2. The second-order valence-corrected chi connectivity index (χ2v) is 4.30. The number of piperidine rings is 1. The van der Waals surface area contributed by atoms with Crippen LogP contribution in [0.15, 0.2) is 0 Å². The van der Waals surface area contributed by atoms with Crippen molar-refractivity contribution in [2.45, 2.75) is 38.1 Å². The van der Waals surface area contributed by atoms with Gasteiger partial charge in [-0.2, -0.15) is 0 Å². The van der Waals surface area contributed by atoms with Crippen molar-refractivity contribution < 1.29 is 13.9 Å². The number of carbonyl (C=O) groups is 1. The average Bonchev–Trinajstić information content (AvgIpc) is 2.21. The van der Waals surface area contributed by atoms with Crippen LogP contribution in [0.25, 0.3) is 0 Å². The monoisotopic (exact) mass is 218 g/mol. The van der Waals surface area contributed by atoms with Crippen LogP contribution in [-0.4, -0.2) is 43.9 Å². The summed E-state index contributed by atoms with van der Waals surface area (Å²) in [5.41, 5.74) is -0.898. The van der Waals surface area contributed by atoms with Crippen molar-refractivity contribution in [1.29, 1.82) is 0 Å². The number of methoxy groups -OCH3 is 1. The summed E-state index contributed by atoms with van der Waals surface area (Å²) < 4.78 is 18.4. The first-order valence-electron chi connectivity index (χ1n) is 5.18. The number of rotatable bonds is 3. The molecule has 4 nitrogen and oxygen atoms in total. The lowest BCUT2D eigenvalue weighted by Gasteiger charge is -2.31. The number of halogens is 1. The van der Waals surface area contributed by atoms with Crippen molar-refractivity contribution in [1.82, 2.24) is 10.6 Å². The van der Waals surface area contributed by atoms with Gasteiger partial charge in [-0.3, -0.25) is 4.79 Å². The Labute approximate surface area is 89.6 Å². The van der Waals surface area contributed by atoms with Crippen molar-refractivity contribution in [2.75, 3.05) is 20.2 Å². The maximum Gasteiger partial charge on any atom is 0.251 e. The lowest BCUT2D eigenvalue weighted by Crippen LogP contribution is -2.55. The molecule has 1 amide bonds. The fraction of sp³-hybridized carbons (Fsp3) is 0.900. The van der Waals surface area contributed by atoms with Crippen molar-refractivity contribution in [3.8, 4) is 0 Å². The summed E-state index contributed by atoms with van der Waals surface area (Å²) in [4.78, 5) is 11.7. The van der Waals surface area contributed by atoms with Gasteiger partial charge in [0.15, 0.2) is 0 Å². The Kier molecular flexibility index (Phi) is 4.04. The van der Waals surface area contributed by atoms with Crippen LogP contribution in [0.1, 0.15) is 20.3 Å². The largest absolute Gasteiger partial charge is 0.369 e. The number of nitrogens with one attached hydrogen (secondary N) is 2. The van der Waals surface area contributed by atoms with Gasteiger partial charge in [-0.05, 0) is 26.8 Å². The molecule has 1 fully saturated rings.